The smallest absolute Gasteiger partial charge is 0.145 e. The van der Waals surface area contributed by atoms with Crippen molar-refractivity contribution < 1.29 is 14.3 Å². The molecule has 1 rings (SSSR count). The van der Waals surface area contributed by atoms with E-state index in [-0.39, 0.29) is 11.7 Å². The van der Waals surface area contributed by atoms with Gasteiger partial charge in [0.05, 0.1) is 17.4 Å². The number of hydrogen-bond donors (Lipinski definition) is 1. The summed E-state index contributed by atoms with van der Waals surface area (Å²) < 4.78 is 12.2. The summed E-state index contributed by atoms with van der Waals surface area (Å²) in [6, 6.07) is 0. The predicted molar refractivity (Wildman–Crippen MR) is 167 cm³/mol. The van der Waals surface area contributed by atoms with Crippen molar-refractivity contribution in [3.63, 3.8) is 0 Å². The van der Waals surface area contributed by atoms with Crippen molar-refractivity contribution in [2.45, 2.75) is 118 Å². The molecule has 0 aromatic carbocycles. The number of nitrogens with one attached hydrogen (secondary N) is 1. The fraction of sp³-hybridized carbons (Fsp3) is 0.657. The molecule has 0 aliphatic carbocycles. The number of carbonyl (C=O) groups excluding carboxylic acids is 1. The molecule has 4 heteroatoms. The molecular weight excluding hydrogens is 482 g/mol. The van der Waals surface area contributed by atoms with Crippen LogP contribution >= 0.6 is 0 Å². The van der Waals surface area contributed by atoms with Crippen molar-refractivity contribution in [1.29, 1.82) is 0 Å². The number of unbranched alkanes of at least 4 members (excludes halogenated alkanes) is 1. The van der Waals surface area contributed by atoms with Crippen LogP contribution in [0.5, 0.6) is 0 Å². The number of allylic oxidation sites excluding steroid dienone is 8. The van der Waals surface area contributed by atoms with E-state index in [9.17, 15) is 4.79 Å². The zero-order valence-electron chi connectivity index (χ0n) is 26.1. The molecule has 1 fully saturated rings. The third kappa shape index (κ3) is 16.5. The van der Waals surface area contributed by atoms with Crippen LogP contribution in [0.15, 0.2) is 65.5 Å². The lowest BCUT2D eigenvalue weighted by Gasteiger charge is -2.28. The molecule has 0 spiro atoms. The average molecular weight is 540 g/mol. The average Bonchev–Trinajstić information content (AvgIpc) is 3.20. The normalized spacial score (nSPS) is 19.4. The summed E-state index contributed by atoms with van der Waals surface area (Å²) in [7, 11) is 0. The van der Waals surface area contributed by atoms with Gasteiger partial charge in [0, 0.05) is 19.8 Å². The Labute approximate surface area is 240 Å². The monoisotopic (exact) mass is 539 g/mol. The van der Waals surface area contributed by atoms with E-state index in [0.29, 0.717) is 17.5 Å². The van der Waals surface area contributed by atoms with Gasteiger partial charge in [0.2, 0.25) is 0 Å². The molecule has 1 aliphatic heterocycles. The van der Waals surface area contributed by atoms with E-state index >= 15 is 0 Å². The first kappa shape index (κ1) is 34.9. The van der Waals surface area contributed by atoms with Crippen LogP contribution in [0.4, 0.5) is 0 Å². The number of ether oxygens (including phenoxy) is 2. The molecule has 0 saturated carbocycles. The minimum atomic E-state index is -0.221. The van der Waals surface area contributed by atoms with Crippen molar-refractivity contribution >= 4 is 5.94 Å². The fourth-order valence-electron chi connectivity index (χ4n) is 4.62. The van der Waals surface area contributed by atoms with Gasteiger partial charge in [-0.15, -0.1) is 0 Å². The summed E-state index contributed by atoms with van der Waals surface area (Å²) in [5.41, 5.74) is 3.07. The number of rotatable bonds is 17. The summed E-state index contributed by atoms with van der Waals surface area (Å²) in [4.78, 5) is 11.3. The largest absolute Gasteiger partial charge is 0.381 e. The summed E-state index contributed by atoms with van der Waals surface area (Å²) in [5.74, 6) is 2.96. The van der Waals surface area contributed by atoms with Crippen molar-refractivity contribution in [1.82, 2.24) is 5.32 Å². The second-order valence-electron chi connectivity index (χ2n) is 11.6. The molecule has 0 radical (unpaired) electrons. The third-order valence-electron chi connectivity index (χ3n) is 7.06. The Hall–Kier alpha value is -2.13. The van der Waals surface area contributed by atoms with Crippen molar-refractivity contribution in [2.24, 2.45) is 11.8 Å². The van der Waals surface area contributed by atoms with Gasteiger partial charge < -0.3 is 14.8 Å². The molecule has 0 aromatic heterocycles. The predicted octanol–water partition coefficient (Wildman–Crippen LogP) is 8.85. The first-order chi connectivity index (χ1) is 18.7. The Balaban J connectivity index is 3.01. The molecule has 3 atom stereocenters. The highest BCUT2D eigenvalue weighted by molar-refractivity contribution is 5.51. The van der Waals surface area contributed by atoms with Gasteiger partial charge in [0.1, 0.15) is 5.94 Å². The van der Waals surface area contributed by atoms with E-state index in [1.54, 1.807) is 0 Å². The van der Waals surface area contributed by atoms with Gasteiger partial charge in [-0.2, -0.15) is 0 Å². The minimum absolute atomic E-state index is 0.0378. The molecule has 1 aliphatic rings. The summed E-state index contributed by atoms with van der Waals surface area (Å²) in [5, 5.41) is 3.36. The van der Waals surface area contributed by atoms with Crippen LogP contribution in [0.2, 0.25) is 0 Å². The van der Waals surface area contributed by atoms with Gasteiger partial charge in [0.15, 0.2) is 0 Å². The lowest BCUT2D eigenvalue weighted by Crippen LogP contribution is -2.27. The van der Waals surface area contributed by atoms with Gasteiger partial charge in [0.25, 0.3) is 0 Å². The van der Waals surface area contributed by atoms with Gasteiger partial charge in [-0.25, -0.2) is 4.79 Å². The Kier molecular flexibility index (Phi) is 18.5. The van der Waals surface area contributed by atoms with Crippen LogP contribution in [-0.2, 0) is 14.3 Å². The first-order valence-electron chi connectivity index (χ1n) is 15.3. The van der Waals surface area contributed by atoms with Gasteiger partial charge >= 0.3 is 0 Å². The minimum Gasteiger partial charge on any atom is -0.381 e. The Bertz CT molecular complexity index is 857. The maximum atomic E-state index is 11.3. The quantitative estimate of drug-likeness (QED) is 0.114. The second-order valence-corrected chi connectivity index (χ2v) is 11.6. The standard InChI is InChI=1S/C35H57NO3/c1-8-11-14-18-30(27-36-33(28-37)22-12-9-2)19-15-13-16-20-32(31-21-17-24-38-25-23-31)26-34(29(4)10-3)39-35(5,6)7/h8,10-11,15-16,19-20,26,30-31,34,36H,9,12-14,17-18,21-25,27H2,1-7H3/b11-8?,19-15-,20-16+,29-10-,32-26?. The van der Waals surface area contributed by atoms with Crippen molar-refractivity contribution in [3.8, 4) is 0 Å². The van der Waals surface area contributed by atoms with Gasteiger partial charge in [-0.3, -0.25) is 0 Å². The Morgan fingerprint density at radius 2 is 1.95 bits per heavy atom. The summed E-state index contributed by atoms with van der Waals surface area (Å²) in [6.45, 7) is 17.3. The van der Waals surface area contributed by atoms with Crippen molar-refractivity contribution in [3.05, 3.63) is 65.5 Å². The zero-order valence-corrected chi connectivity index (χ0v) is 26.1. The highest BCUT2D eigenvalue weighted by atomic mass is 16.5. The molecule has 4 nitrogen and oxygen atoms in total. The molecule has 39 heavy (non-hydrogen) atoms. The lowest BCUT2D eigenvalue weighted by atomic mass is 9.89. The van der Waals surface area contributed by atoms with E-state index < -0.39 is 0 Å². The fourth-order valence-corrected chi connectivity index (χ4v) is 4.62. The van der Waals surface area contributed by atoms with Gasteiger partial charge in [-0.1, -0.05) is 55.9 Å². The molecule has 0 bridgehead atoms. The maximum Gasteiger partial charge on any atom is 0.145 e. The van der Waals surface area contributed by atoms with E-state index in [2.05, 4.69) is 108 Å². The zero-order chi connectivity index (χ0) is 28.9. The highest BCUT2D eigenvalue weighted by Crippen LogP contribution is 2.28. The summed E-state index contributed by atoms with van der Waals surface area (Å²) in [6.07, 6.45) is 27.1. The molecular formula is C35H57NO3. The topological polar surface area (TPSA) is 47.6 Å². The van der Waals surface area contributed by atoms with Crippen LogP contribution in [-0.4, -0.2) is 37.4 Å². The maximum absolute atomic E-state index is 11.3. The Morgan fingerprint density at radius 3 is 2.62 bits per heavy atom. The van der Waals surface area contributed by atoms with Crippen LogP contribution in [0.25, 0.3) is 0 Å². The highest BCUT2D eigenvalue weighted by Gasteiger charge is 2.21. The van der Waals surface area contributed by atoms with Gasteiger partial charge in [-0.05, 0) is 122 Å². The van der Waals surface area contributed by atoms with Crippen molar-refractivity contribution in [2.75, 3.05) is 19.8 Å². The summed E-state index contributed by atoms with van der Waals surface area (Å²) >= 11 is 0. The van der Waals surface area contributed by atoms with E-state index in [1.807, 2.05) is 0 Å². The molecule has 1 N–H and O–H groups in total. The van der Waals surface area contributed by atoms with E-state index in [0.717, 1.165) is 77.5 Å². The van der Waals surface area contributed by atoms with Crippen LogP contribution in [0.1, 0.15) is 106 Å². The molecule has 0 aromatic rings. The number of hydrogen-bond acceptors (Lipinski definition) is 4. The third-order valence-corrected chi connectivity index (χ3v) is 7.06. The molecule has 220 valence electrons. The van der Waals surface area contributed by atoms with E-state index in [4.69, 9.17) is 9.47 Å². The molecule has 1 heterocycles. The van der Waals surface area contributed by atoms with Crippen LogP contribution in [0.3, 0.4) is 0 Å². The van der Waals surface area contributed by atoms with E-state index in [1.165, 1.54) is 11.1 Å². The molecule has 0 amide bonds. The van der Waals surface area contributed by atoms with Crippen LogP contribution < -0.4 is 5.32 Å². The second kappa shape index (κ2) is 20.7. The van der Waals surface area contributed by atoms with Crippen LogP contribution in [0, 0.1) is 11.8 Å². The molecule has 1 saturated heterocycles. The molecule has 3 unspecified atom stereocenters. The lowest BCUT2D eigenvalue weighted by molar-refractivity contribution is -0.0230. The SMILES string of the molecule is CC=CCCC(/C=C\C/C=C/C(=CC(OC(C)(C)C)/C(C)=C\C)C1CCCOCC1)CNC(=C=O)CCCC. The first-order valence-corrected chi connectivity index (χ1v) is 15.3. The Morgan fingerprint density at radius 1 is 1.15 bits per heavy atom.